The van der Waals surface area contributed by atoms with E-state index in [4.69, 9.17) is 9.72 Å². The highest BCUT2D eigenvalue weighted by Gasteiger charge is 2.32. The smallest absolute Gasteiger partial charge is 0.339 e. The lowest BCUT2D eigenvalue weighted by atomic mass is 10.0. The van der Waals surface area contributed by atoms with Crippen molar-refractivity contribution in [1.82, 2.24) is 4.98 Å². The first kappa shape index (κ1) is 17.9. The van der Waals surface area contributed by atoms with Crippen LogP contribution in [0.25, 0.3) is 10.9 Å². The van der Waals surface area contributed by atoms with Gasteiger partial charge < -0.3 is 9.64 Å². The third kappa shape index (κ3) is 2.97. The molecule has 1 atom stereocenters. The minimum atomic E-state index is -0.849. The molecule has 2 heterocycles. The normalized spacial score (nSPS) is 15.8. The fourth-order valence-corrected chi connectivity index (χ4v) is 4.50. The van der Waals surface area contributed by atoms with Gasteiger partial charge in [-0.05, 0) is 55.9 Å². The Hall–Kier alpha value is -3.21. The number of pyridine rings is 1. The van der Waals surface area contributed by atoms with Gasteiger partial charge >= 0.3 is 5.97 Å². The number of esters is 1. The highest BCUT2D eigenvalue weighted by molar-refractivity contribution is 6.07. The molecular weight excluding hydrogens is 364 g/mol. The van der Waals surface area contributed by atoms with E-state index in [9.17, 15) is 9.59 Å². The number of carbonyl (C=O) groups excluding carboxylic acids is 2. The largest absolute Gasteiger partial charge is 0.449 e. The molecule has 0 fully saturated rings. The molecular formula is C24H22N2O3. The molecule has 0 saturated carbocycles. The lowest BCUT2D eigenvalue weighted by Gasteiger charge is -2.22. The zero-order valence-electron chi connectivity index (χ0n) is 16.4. The molecule has 29 heavy (non-hydrogen) atoms. The van der Waals surface area contributed by atoms with Crippen LogP contribution in [0.4, 0.5) is 5.69 Å². The second kappa shape index (κ2) is 6.99. The van der Waals surface area contributed by atoms with Gasteiger partial charge in [0.2, 0.25) is 0 Å². The number of benzene rings is 2. The molecule has 5 rings (SSSR count). The molecule has 3 aromatic rings. The van der Waals surface area contributed by atoms with Crippen LogP contribution in [-0.4, -0.2) is 29.5 Å². The fourth-order valence-electron chi connectivity index (χ4n) is 4.50. The van der Waals surface area contributed by atoms with Crippen molar-refractivity contribution in [3.05, 3.63) is 70.9 Å². The molecule has 146 valence electrons. The van der Waals surface area contributed by atoms with Gasteiger partial charge in [-0.25, -0.2) is 4.79 Å². The molecule has 0 N–H and O–H groups in total. The number of fused-ring (bicyclic) bond motifs is 3. The molecule has 0 spiro atoms. The zero-order chi connectivity index (χ0) is 20.0. The van der Waals surface area contributed by atoms with Gasteiger partial charge in [0.05, 0.1) is 11.1 Å². The summed E-state index contributed by atoms with van der Waals surface area (Å²) in [5.74, 6) is -0.617. The summed E-state index contributed by atoms with van der Waals surface area (Å²) in [6.45, 7) is 2.28. The minimum Gasteiger partial charge on any atom is -0.449 e. The Kier molecular flexibility index (Phi) is 4.31. The van der Waals surface area contributed by atoms with Crippen LogP contribution in [0.5, 0.6) is 0 Å². The second-order valence-corrected chi connectivity index (χ2v) is 7.70. The third-order valence-electron chi connectivity index (χ3n) is 5.91. The summed E-state index contributed by atoms with van der Waals surface area (Å²) < 4.78 is 5.70. The lowest BCUT2D eigenvalue weighted by Crippen LogP contribution is -2.39. The number of anilines is 1. The Morgan fingerprint density at radius 1 is 1.03 bits per heavy atom. The van der Waals surface area contributed by atoms with Crippen molar-refractivity contribution in [3.63, 3.8) is 0 Å². The summed E-state index contributed by atoms with van der Waals surface area (Å²) in [5, 5.41) is 0.796. The molecule has 1 aliphatic carbocycles. The number of aromatic nitrogens is 1. The van der Waals surface area contributed by atoms with Crippen LogP contribution < -0.4 is 4.90 Å². The van der Waals surface area contributed by atoms with Crippen molar-refractivity contribution >= 4 is 28.5 Å². The topological polar surface area (TPSA) is 59.5 Å². The Morgan fingerprint density at radius 2 is 1.83 bits per heavy atom. The average molecular weight is 386 g/mol. The van der Waals surface area contributed by atoms with E-state index in [1.807, 2.05) is 48.5 Å². The maximum Gasteiger partial charge on any atom is 0.339 e. The molecule has 0 unspecified atom stereocenters. The van der Waals surface area contributed by atoms with E-state index in [2.05, 4.69) is 0 Å². The van der Waals surface area contributed by atoms with E-state index in [1.54, 1.807) is 11.8 Å². The maximum absolute atomic E-state index is 13.2. The van der Waals surface area contributed by atoms with Crippen molar-refractivity contribution in [2.75, 3.05) is 11.4 Å². The summed E-state index contributed by atoms with van der Waals surface area (Å²) in [5.41, 5.74) is 5.38. The van der Waals surface area contributed by atoms with Crippen LogP contribution in [0, 0.1) is 0 Å². The van der Waals surface area contributed by atoms with Gasteiger partial charge in [-0.15, -0.1) is 0 Å². The van der Waals surface area contributed by atoms with Crippen LogP contribution in [0.2, 0.25) is 0 Å². The number of amides is 1. The quantitative estimate of drug-likeness (QED) is 0.642. The number of carbonyl (C=O) groups is 2. The fraction of sp³-hybridized carbons (Fsp3) is 0.292. The van der Waals surface area contributed by atoms with E-state index in [0.717, 1.165) is 59.1 Å². The van der Waals surface area contributed by atoms with E-state index >= 15 is 0 Å². The van der Waals surface area contributed by atoms with Gasteiger partial charge in [0, 0.05) is 23.3 Å². The van der Waals surface area contributed by atoms with Crippen LogP contribution >= 0.6 is 0 Å². The zero-order valence-corrected chi connectivity index (χ0v) is 16.4. The molecule has 5 nitrogen and oxygen atoms in total. The van der Waals surface area contributed by atoms with Crippen molar-refractivity contribution in [2.24, 2.45) is 0 Å². The maximum atomic E-state index is 13.2. The van der Waals surface area contributed by atoms with Gasteiger partial charge in [0.25, 0.3) is 5.91 Å². The predicted molar refractivity (Wildman–Crippen MR) is 111 cm³/mol. The monoisotopic (exact) mass is 386 g/mol. The molecule has 1 aliphatic heterocycles. The number of hydrogen-bond acceptors (Lipinski definition) is 4. The Labute approximate surface area is 169 Å². The summed E-state index contributed by atoms with van der Waals surface area (Å²) in [6.07, 6.45) is 2.65. The highest BCUT2D eigenvalue weighted by Crippen LogP contribution is 2.31. The van der Waals surface area contributed by atoms with Crippen molar-refractivity contribution in [1.29, 1.82) is 0 Å². The molecule has 0 bridgehead atoms. The molecule has 0 radical (unpaired) electrons. The van der Waals surface area contributed by atoms with Gasteiger partial charge in [0.15, 0.2) is 6.10 Å². The number of rotatable bonds is 3. The van der Waals surface area contributed by atoms with E-state index < -0.39 is 12.1 Å². The van der Waals surface area contributed by atoms with Crippen LogP contribution in [0.3, 0.4) is 0 Å². The average Bonchev–Trinajstić information content (AvgIpc) is 3.37. The first-order valence-electron chi connectivity index (χ1n) is 10.1. The number of para-hydroxylation sites is 2. The van der Waals surface area contributed by atoms with Crippen LogP contribution in [-0.2, 0) is 28.8 Å². The van der Waals surface area contributed by atoms with Crippen molar-refractivity contribution in [2.45, 2.75) is 38.7 Å². The molecule has 0 saturated heterocycles. The Bertz CT molecular complexity index is 1140. The molecule has 5 heteroatoms. The first-order valence-corrected chi connectivity index (χ1v) is 10.1. The standard InChI is InChI=1S/C24H22N2O3/c1-15(23(27)26-14-13-16-7-2-5-12-21(16)26)29-24(28)22-17-8-3-4-10-19(17)25-20-11-6-9-18(20)22/h2-5,7-8,10,12,15H,6,9,11,13-14H2,1H3/t15-/m0/s1. The van der Waals surface area contributed by atoms with Gasteiger partial charge in [-0.1, -0.05) is 36.4 Å². The van der Waals surface area contributed by atoms with Gasteiger partial charge in [-0.2, -0.15) is 0 Å². The predicted octanol–water partition coefficient (Wildman–Crippen LogP) is 3.86. The second-order valence-electron chi connectivity index (χ2n) is 7.70. The molecule has 2 aromatic carbocycles. The summed E-state index contributed by atoms with van der Waals surface area (Å²) in [7, 11) is 0. The van der Waals surface area contributed by atoms with Crippen molar-refractivity contribution in [3.8, 4) is 0 Å². The molecule has 2 aliphatic rings. The summed E-state index contributed by atoms with van der Waals surface area (Å²) in [6, 6.07) is 15.5. The highest BCUT2D eigenvalue weighted by atomic mass is 16.5. The van der Waals surface area contributed by atoms with Gasteiger partial charge in [0.1, 0.15) is 0 Å². The SMILES string of the molecule is C[C@H](OC(=O)c1c2c(nc3ccccc13)CCC2)C(=O)N1CCc2ccccc21. The molecule has 1 amide bonds. The number of ether oxygens (including phenoxy) is 1. The number of aryl methyl sites for hydroxylation is 1. The summed E-state index contributed by atoms with van der Waals surface area (Å²) in [4.78, 5) is 32.6. The Morgan fingerprint density at radius 3 is 2.72 bits per heavy atom. The number of nitrogens with zero attached hydrogens (tertiary/aromatic N) is 2. The van der Waals surface area contributed by atoms with Crippen LogP contribution in [0.15, 0.2) is 48.5 Å². The number of hydrogen-bond donors (Lipinski definition) is 0. The van der Waals surface area contributed by atoms with E-state index in [-0.39, 0.29) is 5.91 Å². The van der Waals surface area contributed by atoms with E-state index in [1.165, 1.54) is 0 Å². The van der Waals surface area contributed by atoms with E-state index in [0.29, 0.717) is 12.1 Å². The minimum absolute atomic E-state index is 0.182. The van der Waals surface area contributed by atoms with Gasteiger partial charge in [-0.3, -0.25) is 9.78 Å². The van der Waals surface area contributed by atoms with Crippen LogP contribution in [0.1, 0.15) is 40.5 Å². The first-order chi connectivity index (χ1) is 14.1. The molecule has 1 aromatic heterocycles. The summed E-state index contributed by atoms with van der Waals surface area (Å²) >= 11 is 0. The lowest BCUT2D eigenvalue weighted by molar-refractivity contribution is -0.126. The van der Waals surface area contributed by atoms with Crippen molar-refractivity contribution < 1.29 is 14.3 Å². The Balaban J connectivity index is 1.43. The third-order valence-corrected chi connectivity index (χ3v) is 5.91.